The van der Waals surface area contributed by atoms with Crippen LogP contribution in [0.15, 0.2) is 23.5 Å². The first-order valence-corrected chi connectivity index (χ1v) is 13.6. The Morgan fingerprint density at radius 3 is 2.23 bits per heavy atom. The molecule has 9 atom stereocenters. The van der Waals surface area contributed by atoms with Gasteiger partial charge >= 0.3 is 5.97 Å². The highest BCUT2D eigenvalue weighted by Crippen LogP contribution is 2.74. The largest absolute Gasteiger partial charge is 0.510 e. The quantitative estimate of drug-likeness (QED) is 0.420. The molecular formula is C30H44O5. The molecule has 5 nitrogen and oxygen atoms in total. The van der Waals surface area contributed by atoms with Gasteiger partial charge in [-0.2, -0.15) is 0 Å². The van der Waals surface area contributed by atoms with Crippen LogP contribution in [-0.4, -0.2) is 33.2 Å². The van der Waals surface area contributed by atoms with Gasteiger partial charge < -0.3 is 15.3 Å². The fraction of sp³-hybridized carbons (Fsp3) is 0.800. The SMILES string of the molecule is CC1(C)[C@@H](O)C(O)=C[C@]2(C)[C@H]3C(=O)C=C4[C@@H]5C[C@@](C)(C(=O)O)CC[C@]5(C)CC[C@@]4(C)[C@]3(C)CC[C@@H]12. The number of carbonyl (C=O) groups excluding carboxylic acids is 1. The third-order valence-corrected chi connectivity index (χ3v) is 12.6. The van der Waals surface area contributed by atoms with E-state index < -0.39 is 28.3 Å². The Morgan fingerprint density at radius 2 is 1.60 bits per heavy atom. The van der Waals surface area contributed by atoms with E-state index in [1.807, 2.05) is 32.9 Å². The molecule has 0 bridgehead atoms. The van der Waals surface area contributed by atoms with Crippen molar-refractivity contribution in [3.05, 3.63) is 23.5 Å². The zero-order chi connectivity index (χ0) is 26.0. The fourth-order valence-electron chi connectivity index (χ4n) is 10.0. The maximum atomic E-state index is 14.2. The van der Waals surface area contributed by atoms with Gasteiger partial charge in [0.25, 0.3) is 0 Å². The van der Waals surface area contributed by atoms with Crippen LogP contribution in [0.4, 0.5) is 0 Å². The standard InChI is InChI=1S/C30H44O5/c1-25(2)21-8-9-30(7)22(28(21,5)16-20(32)23(25)33)19(31)14-17-18-15-27(4,24(34)35)11-10-26(18,3)12-13-29(17,30)6/h14,16,18,21-23,32-33H,8-13,15H2,1-7H3,(H,34,35)/t18-,21-,22+,23-,26+,27-,28-,29+,30+/m0/s1. The fourth-order valence-corrected chi connectivity index (χ4v) is 10.0. The maximum Gasteiger partial charge on any atom is 0.309 e. The Bertz CT molecular complexity index is 1050. The maximum absolute atomic E-state index is 14.2. The Kier molecular flexibility index (Phi) is 5.03. The van der Waals surface area contributed by atoms with Crippen molar-refractivity contribution >= 4 is 11.8 Å². The molecule has 3 fully saturated rings. The number of allylic oxidation sites excluding steroid dienone is 3. The van der Waals surface area contributed by atoms with Crippen molar-refractivity contribution < 1.29 is 24.9 Å². The second kappa shape index (κ2) is 7.02. The molecule has 0 spiro atoms. The second-order valence-electron chi connectivity index (χ2n) is 14.7. The van der Waals surface area contributed by atoms with E-state index in [0.29, 0.717) is 12.8 Å². The van der Waals surface area contributed by atoms with Crippen LogP contribution < -0.4 is 0 Å². The molecule has 0 aromatic rings. The molecule has 0 amide bonds. The van der Waals surface area contributed by atoms with Gasteiger partial charge in [-0.3, -0.25) is 9.59 Å². The summed E-state index contributed by atoms with van der Waals surface area (Å²) in [6.45, 7) is 15.0. The summed E-state index contributed by atoms with van der Waals surface area (Å²) in [4.78, 5) is 26.4. The van der Waals surface area contributed by atoms with Gasteiger partial charge in [0.1, 0.15) is 11.9 Å². The van der Waals surface area contributed by atoms with E-state index in [2.05, 4.69) is 27.7 Å². The molecule has 194 valence electrons. The van der Waals surface area contributed by atoms with Crippen molar-refractivity contribution in [3.63, 3.8) is 0 Å². The molecule has 3 N–H and O–H groups in total. The minimum atomic E-state index is -0.920. The summed E-state index contributed by atoms with van der Waals surface area (Å²) in [5.74, 6) is -0.718. The number of aliphatic hydroxyl groups excluding tert-OH is 2. The van der Waals surface area contributed by atoms with E-state index in [9.17, 15) is 24.9 Å². The summed E-state index contributed by atoms with van der Waals surface area (Å²) >= 11 is 0. The summed E-state index contributed by atoms with van der Waals surface area (Å²) in [6, 6.07) is 0. The molecule has 5 aliphatic rings. The molecule has 5 aliphatic carbocycles. The first-order chi connectivity index (χ1) is 16.0. The summed E-state index contributed by atoms with van der Waals surface area (Å²) in [7, 11) is 0. The Labute approximate surface area is 210 Å². The van der Waals surface area contributed by atoms with Crippen LogP contribution in [0.5, 0.6) is 0 Å². The van der Waals surface area contributed by atoms with E-state index >= 15 is 0 Å². The van der Waals surface area contributed by atoms with Crippen LogP contribution in [0.3, 0.4) is 0 Å². The van der Waals surface area contributed by atoms with Gasteiger partial charge in [-0.15, -0.1) is 0 Å². The topological polar surface area (TPSA) is 94.8 Å². The van der Waals surface area contributed by atoms with Crippen LogP contribution in [0.2, 0.25) is 0 Å². The zero-order valence-electron chi connectivity index (χ0n) is 22.6. The van der Waals surface area contributed by atoms with Crippen LogP contribution in [0, 0.1) is 50.2 Å². The summed E-state index contributed by atoms with van der Waals surface area (Å²) in [5.41, 5.74) is -1.13. The van der Waals surface area contributed by atoms with Crippen molar-refractivity contribution in [1.82, 2.24) is 0 Å². The summed E-state index contributed by atoms with van der Waals surface area (Å²) < 4.78 is 0. The molecule has 5 rings (SSSR count). The lowest BCUT2D eigenvalue weighted by molar-refractivity contribution is -0.178. The minimum Gasteiger partial charge on any atom is -0.510 e. The van der Waals surface area contributed by atoms with Gasteiger partial charge in [0, 0.05) is 16.7 Å². The molecule has 5 heteroatoms. The zero-order valence-corrected chi connectivity index (χ0v) is 22.6. The van der Waals surface area contributed by atoms with Crippen molar-refractivity contribution in [2.75, 3.05) is 0 Å². The average molecular weight is 485 g/mol. The molecule has 0 aromatic heterocycles. The number of carboxylic acid groups (broad SMARTS) is 1. The molecule has 3 saturated carbocycles. The van der Waals surface area contributed by atoms with Gasteiger partial charge in [-0.25, -0.2) is 0 Å². The Morgan fingerprint density at radius 1 is 0.971 bits per heavy atom. The van der Waals surface area contributed by atoms with Crippen molar-refractivity contribution in [3.8, 4) is 0 Å². The van der Waals surface area contributed by atoms with Crippen LogP contribution in [0.25, 0.3) is 0 Å². The van der Waals surface area contributed by atoms with Crippen LogP contribution in [-0.2, 0) is 9.59 Å². The number of hydrogen-bond acceptors (Lipinski definition) is 4. The lowest BCUT2D eigenvalue weighted by atomic mass is 9.34. The normalized spacial score (nSPS) is 52.7. The highest BCUT2D eigenvalue weighted by atomic mass is 16.4. The summed E-state index contributed by atoms with van der Waals surface area (Å²) in [6.07, 6.45) is 8.79. The van der Waals surface area contributed by atoms with E-state index in [4.69, 9.17) is 0 Å². The number of carboxylic acids is 1. The Balaban J connectivity index is 1.66. The van der Waals surface area contributed by atoms with Crippen LogP contribution >= 0.6 is 0 Å². The van der Waals surface area contributed by atoms with Crippen molar-refractivity contribution in [1.29, 1.82) is 0 Å². The predicted molar refractivity (Wildman–Crippen MR) is 135 cm³/mol. The number of aliphatic carboxylic acids is 1. The number of hydrogen-bond donors (Lipinski definition) is 3. The van der Waals surface area contributed by atoms with Crippen molar-refractivity contribution in [2.45, 2.75) is 99.5 Å². The van der Waals surface area contributed by atoms with Gasteiger partial charge in [-0.1, -0.05) is 47.1 Å². The smallest absolute Gasteiger partial charge is 0.309 e. The molecule has 0 heterocycles. The predicted octanol–water partition coefficient (Wildman–Crippen LogP) is 6.07. The van der Waals surface area contributed by atoms with Gasteiger partial charge in [0.05, 0.1) is 5.41 Å². The Hall–Kier alpha value is -1.62. The van der Waals surface area contributed by atoms with Gasteiger partial charge in [0.2, 0.25) is 0 Å². The molecule has 0 radical (unpaired) electrons. The third kappa shape index (κ3) is 2.91. The van der Waals surface area contributed by atoms with Gasteiger partial charge in [-0.05, 0) is 92.1 Å². The number of rotatable bonds is 1. The number of ketones is 1. The highest BCUT2D eigenvalue weighted by Gasteiger charge is 2.70. The first-order valence-electron chi connectivity index (χ1n) is 13.6. The molecule has 35 heavy (non-hydrogen) atoms. The lowest BCUT2D eigenvalue weighted by Crippen LogP contribution is -2.66. The molecule has 0 aromatic carbocycles. The molecule has 0 saturated heterocycles. The van der Waals surface area contributed by atoms with Gasteiger partial charge in [0.15, 0.2) is 5.78 Å². The summed E-state index contributed by atoms with van der Waals surface area (Å²) in [5, 5.41) is 31.7. The van der Waals surface area contributed by atoms with E-state index in [1.165, 1.54) is 5.57 Å². The number of fused-ring (bicyclic) bond motifs is 7. The van der Waals surface area contributed by atoms with Crippen molar-refractivity contribution in [2.24, 2.45) is 50.2 Å². The number of carbonyl (C=O) groups is 2. The van der Waals surface area contributed by atoms with E-state index in [-0.39, 0.29) is 45.5 Å². The molecule has 0 unspecified atom stereocenters. The molecular weight excluding hydrogens is 440 g/mol. The van der Waals surface area contributed by atoms with Crippen LogP contribution in [0.1, 0.15) is 93.4 Å². The number of aliphatic hydroxyl groups is 2. The monoisotopic (exact) mass is 484 g/mol. The van der Waals surface area contributed by atoms with E-state index in [0.717, 1.165) is 32.1 Å². The highest BCUT2D eigenvalue weighted by molar-refractivity contribution is 5.96. The minimum absolute atomic E-state index is 0.00791. The van der Waals surface area contributed by atoms with E-state index in [1.54, 1.807) is 0 Å². The second-order valence-corrected chi connectivity index (χ2v) is 14.7. The lowest BCUT2D eigenvalue weighted by Gasteiger charge is -2.69. The third-order valence-electron chi connectivity index (χ3n) is 12.6. The molecule has 0 aliphatic heterocycles. The average Bonchev–Trinajstić information content (AvgIpc) is 2.74. The first kappa shape index (κ1) is 25.0.